The zero-order valence-electron chi connectivity index (χ0n) is 15.2. The van der Waals surface area contributed by atoms with Gasteiger partial charge in [0.15, 0.2) is 6.23 Å². The highest BCUT2D eigenvalue weighted by Gasteiger charge is 2.53. The Labute approximate surface area is 158 Å². The standard InChI is InChI=1S/C17H23ClN4O3Si/c1-17(18)13(24)11(8-23)25-16(17)22-7-10(5-6-26(2,3)4)12-14(19)20-9-21-15(12)22/h7,9,11,13,16,23-24H,8H2,1-4H3,(H2,19,20,21)/t11-,13-,16-,17-/m1/s1. The lowest BCUT2D eigenvalue weighted by atomic mass is 10.0. The van der Waals surface area contributed by atoms with Crippen LogP contribution < -0.4 is 5.73 Å². The van der Waals surface area contributed by atoms with Gasteiger partial charge in [0.05, 0.1) is 17.6 Å². The lowest BCUT2D eigenvalue weighted by Gasteiger charge is -2.26. The largest absolute Gasteiger partial charge is 0.394 e. The summed E-state index contributed by atoms with van der Waals surface area (Å²) in [5, 5.41) is 20.5. The van der Waals surface area contributed by atoms with Gasteiger partial charge in [-0.15, -0.1) is 17.1 Å². The Hall–Kier alpha value is -1.63. The van der Waals surface area contributed by atoms with Gasteiger partial charge in [0.1, 0.15) is 42.9 Å². The van der Waals surface area contributed by atoms with E-state index in [0.29, 0.717) is 22.4 Å². The van der Waals surface area contributed by atoms with Crippen LogP contribution in [-0.4, -0.2) is 56.5 Å². The minimum atomic E-state index is -1.61. The first-order chi connectivity index (χ1) is 12.1. The maximum Gasteiger partial charge on any atom is 0.157 e. The molecule has 0 bridgehead atoms. The van der Waals surface area contributed by atoms with Gasteiger partial charge in [-0.2, -0.15) is 0 Å². The molecule has 4 N–H and O–H groups in total. The molecule has 1 fully saturated rings. The summed E-state index contributed by atoms with van der Waals surface area (Å²) in [6.07, 6.45) is 0.587. The van der Waals surface area contributed by atoms with Crippen LogP contribution in [0.3, 0.4) is 0 Å². The molecule has 26 heavy (non-hydrogen) atoms. The van der Waals surface area contributed by atoms with Gasteiger partial charge in [0.2, 0.25) is 0 Å². The number of hydrogen-bond acceptors (Lipinski definition) is 6. The number of halogens is 1. The van der Waals surface area contributed by atoms with Crippen molar-refractivity contribution in [3.05, 3.63) is 18.1 Å². The van der Waals surface area contributed by atoms with Crippen molar-refractivity contribution in [1.82, 2.24) is 14.5 Å². The first-order valence-corrected chi connectivity index (χ1v) is 12.2. The van der Waals surface area contributed by atoms with Crippen molar-refractivity contribution in [3.63, 3.8) is 0 Å². The van der Waals surface area contributed by atoms with Crippen LogP contribution in [0, 0.1) is 11.5 Å². The van der Waals surface area contributed by atoms with Crippen LogP contribution in [0.25, 0.3) is 11.0 Å². The second kappa shape index (κ2) is 6.51. The van der Waals surface area contributed by atoms with Crippen LogP contribution >= 0.6 is 11.6 Å². The van der Waals surface area contributed by atoms with Crippen molar-refractivity contribution < 1.29 is 14.9 Å². The minimum absolute atomic E-state index is 0.321. The first-order valence-electron chi connectivity index (χ1n) is 8.33. The molecular formula is C17H23ClN4O3Si. The fourth-order valence-electron chi connectivity index (χ4n) is 3.00. The molecule has 1 aliphatic heterocycles. The zero-order chi connectivity index (χ0) is 19.3. The SMILES string of the molecule is C[C@@]1(Cl)[C@H](O)[C@@H](CO)O[C@H]1n1cc(C#C[Si](C)(C)C)c2c(N)ncnc21. The van der Waals surface area contributed by atoms with E-state index in [4.69, 9.17) is 22.1 Å². The predicted octanol–water partition coefficient (Wildman–Crippen LogP) is 1.49. The number of ether oxygens (including phenoxy) is 1. The molecule has 0 spiro atoms. The fourth-order valence-corrected chi connectivity index (χ4v) is 3.81. The van der Waals surface area contributed by atoms with Crippen LogP contribution in [0.1, 0.15) is 18.7 Å². The fraction of sp³-hybridized carbons (Fsp3) is 0.529. The molecule has 9 heteroatoms. The summed E-state index contributed by atoms with van der Waals surface area (Å²) in [6.45, 7) is 7.79. The summed E-state index contributed by atoms with van der Waals surface area (Å²) in [6, 6.07) is 0. The molecule has 140 valence electrons. The van der Waals surface area contributed by atoms with Crippen LogP contribution in [0.5, 0.6) is 0 Å². The zero-order valence-corrected chi connectivity index (χ0v) is 16.9. The van der Waals surface area contributed by atoms with Gasteiger partial charge < -0.3 is 25.3 Å². The normalized spacial score (nSPS) is 29.0. The van der Waals surface area contributed by atoms with E-state index in [2.05, 4.69) is 41.1 Å². The summed E-state index contributed by atoms with van der Waals surface area (Å²) in [5.41, 5.74) is 10.6. The van der Waals surface area contributed by atoms with E-state index in [1.807, 2.05) is 0 Å². The number of nitrogen functional groups attached to an aromatic ring is 1. The molecule has 0 aromatic carbocycles. The predicted molar refractivity (Wildman–Crippen MR) is 103 cm³/mol. The Bertz CT molecular complexity index is 897. The van der Waals surface area contributed by atoms with Crippen LogP contribution in [0.4, 0.5) is 5.82 Å². The average Bonchev–Trinajstić information content (AvgIpc) is 3.02. The molecule has 2 aromatic heterocycles. The molecule has 2 aromatic rings. The average molecular weight is 395 g/mol. The quantitative estimate of drug-likeness (QED) is 0.404. The molecule has 1 saturated heterocycles. The van der Waals surface area contributed by atoms with E-state index < -0.39 is 31.4 Å². The van der Waals surface area contributed by atoms with Crippen LogP contribution in [0.2, 0.25) is 19.6 Å². The number of aromatic nitrogens is 3. The second-order valence-electron chi connectivity index (χ2n) is 7.71. The third-order valence-corrected chi connectivity index (χ3v) is 5.65. The van der Waals surface area contributed by atoms with Crippen molar-refractivity contribution in [3.8, 4) is 11.5 Å². The van der Waals surface area contributed by atoms with Crippen LogP contribution in [0.15, 0.2) is 12.5 Å². The number of anilines is 1. The highest BCUT2D eigenvalue weighted by molar-refractivity contribution is 6.83. The summed E-state index contributed by atoms with van der Waals surface area (Å²) in [7, 11) is -1.61. The third-order valence-electron chi connectivity index (χ3n) is 4.36. The Morgan fingerprint density at radius 1 is 1.42 bits per heavy atom. The van der Waals surface area contributed by atoms with E-state index in [0.717, 1.165) is 0 Å². The smallest absolute Gasteiger partial charge is 0.157 e. The highest BCUT2D eigenvalue weighted by atomic mass is 35.5. The van der Waals surface area contributed by atoms with E-state index >= 15 is 0 Å². The van der Waals surface area contributed by atoms with Crippen molar-refractivity contribution in [2.24, 2.45) is 0 Å². The second-order valence-corrected chi connectivity index (χ2v) is 13.3. The molecule has 0 unspecified atom stereocenters. The summed E-state index contributed by atoms with van der Waals surface area (Å²) in [4.78, 5) is 7.24. The Kier molecular flexibility index (Phi) is 4.79. The summed E-state index contributed by atoms with van der Waals surface area (Å²) in [5.74, 6) is 3.52. The van der Waals surface area contributed by atoms with E-state index in [1.165, 1.54) is 6.33 Å². The lowest BCUT2D eigenvalue weighted by Crippen LogP contribution is -2.39. The maximum atomic E-state index is 10.4. The number of hydrogen-bond donors (Lipinski definition) is 3. The highest BCUT2D eigenvalue weighted by Crippen LogP contribution is 2.44. The Morgan fingerprint density at radius 3 is 2.69 bits per heavy atom. The summed E-state index contributed by atoms with van der Waals surface area (Å²) < 4.78 is 7.54. The Balaban J connectivity index is 2.19. The van der Waals surface area contributed by atoms with E-state index in [1.54, 1.807) is 17.7 Å². The van der Waals surface area contributed by atoms with Gasteiger partial charge in [0.25, 0.3) is 0 Å². The van der Waals surface area contributed by atoms with E-state index in [9.17, 15) is 10.2 Å². The summed E-state index contributed by atoms with van der Waals surface area (Å²) >= 11 is 6.58. The third kappa shape index (κ3) is 3.21. The molecule has 7 nitrogen and oxygen atoms in total. The molecule has 4 atom stereocenters. The van der Waals surface area contributed by atoms with E-state index in [-0.39, 0.29) is 6.61 Å². The van der Waals surface area contributed by atoms with Crippen LogP contribution in [-0.2, 0) is 4.74 Å². The molecule has 0 amide bonds. The molecule has 3 heterocycles. The molecule has 0 saturated carbocycles. The van der Waals surface area contributed by atoms with Gasteiger partial charge in [-0.3, -0.25) is 0 Å². The van der Waals surface area contributed by atoms with Gasteiger partial charge in [0, 0.05) is 6.20 Å². The Morgan fingerprint density at radius 2 is 2.12 bits per heavy atom. The number of aliphatic hydroxyl groups is 2. The number of rotatable bonds is 2. The van der Waals surface area contributed by atoms with Crippen molar-refractivity contribution in [2.75, 3.05) is 12.3 Å². The number of nitrogens with zero attached hydrogens (tertiary/aromatic N) is 3. The maximum absolute atomic E-state index is 10.4. The molecule has 0 aliphatic carbocycles. The van der Waals surface area contributed by atoms with Gasteiger partial charge in [-0.05, 0) is 6.92 Å². The minimum Gasteiger partial charge on any atom is -0.394 e. The van der Waals surface area contributed by atoms with Gasteiger partial charge in [-0.25, -0.2) is 9.97 Å². The number of alkyl halides is 1. The van der Waals surface area contributed by atoms with Gasteiger partial charge in [-0.1, -0.05) is 25.6 Å². The van der Waals surface area contributed by atoms with Crippen molar-refractivity contribution in [1.29, 1.82) is 0 Å². The van der Waals surface area contributed by atoms with Crippen molar-refractivity contribution in [2.45, 2.75) is 49.9 Å². The van der Waals surface area contributed by atoms with Gasteiger partial charge >= 0.3 is 0 Å². The first kappa shape index (κ1) is 19.1. The monoisotopic (exact) mass is 394 g/mol. The molecule has 1 aliphatic rings. The van der Waals surface area contributed by atoms with Crippen molar-refractivity contribution >= 4 is 36.5 Å². The number of aliphatic hydroxyl groups excluding tert-OH is 2. The topological polar surface area (TPSA) is 106 Å². The lowest BCUT2D eigenvalue weighted by molar-refractivity contribution is -0.0439. The molecular weight excluding hydrogens is 372 g/mol. The number of fused-ring (bicyclic) bond motifs is 1. The molecule has 0 radical (unpaired) electrons. The number of nitrogens with two attached hydrogens (primary N) is 1. The molecule has 3 rings (SSSR count).